The number of unbranched alkanes of at least 4 members (excludes halogenated alkanes) is 4. The lowest BCUT2D eigenvalue weighted by Gasteiger charge is -2.47. The van der Waals surface area contributed by atoms with Crippen molar-refractivity contribution in [3.05, 3.63) is 53.1 Å². The number of benzene rings is 2. The third-order valence-corrected chi connectivity index (χ3v) is 10.1. The zero-order valence-electron chi connectivity index (χ0n) is 31.3. The maximum Gasteiger partial charge on any atom is 0.259 e. The number of carbonyl (C=O) groups excluding carboxylic acids is 5. The van der Waals surface area contributed by atoms with Crippen LogP contribution in [0.25, 0.3) is 0 Å². The number of hydrogen-bond acceptors (Lipinski definition) is 8. The number of nitrogens with zero attached hydrogens (tertiary/aromatic N) is 3. The van der Waals surface area contributed by atoms with Gasteiger partial charge in [-0.05, 0) is 36.8 Å². The van der Waals surface area contributed by atoms with Gasteiger partial charge in [-0.2, -0.15) is 0 Å². The first kappa shape index (κ1) is 40.0. The SMILES string of the molecule is CCCCCN(CCCCC)C(=O)C[C@H]1C(=O)N2CCCC2(C(N)=O)C(=O)N1Cc1ccc(CC(=O)NCc2c(OC)cc(OC)cc2OC)cc1. The number of amides is 5. The van der Waals surface area contributed by atoms with Gasteiger partial charge >= 0.3 is 0 Å². The number of methoxy groups -OCH3 is 3. The molecular formula is C39H55N5O8. The van der Waals surface area contributed by atoms with Crippen LogP contribution >= 0.6 is 0 Å². The first-order valence-corrected chi connectivity index (χ1v) is 18.4. The molecule has 0 saturated carbocycles. The molecule has 2 fully saturated rings. The summed E-state index contributed by atoms with van der Waals surface area (Å²) in [7, 11) is 4.61. The van der Waals surface area contributed by atoms with Crippen LogP contribution in [0.3, 0.4) is 0 Å². The van der Waals surface area contributed by atoms with E-state index in [2.05, 4.69) is 19.2 Å². The highest BCUT2D eigenvalue weighted by Gasteiger charge is 2.62. The number of piperazine rings is 1. The Morgan fingerprint density at radius 2 is 1.50 bits per heavy atom. The van der Waals surface area contributed by atoms with Gasteiger partial charge in [-0.25, -0.2) is 0 Å². The molecule has 2 heterocycles. The fraction of sp³-hybridized carbons (Fsp3) is 0.564. The molecule has 52 heavy (non-hydrogen) atoms. The fourth-order valence-electron chi connectivity index (χ4n) is 7.18. The number of primary amides is 1. The van der Waals surface area contributed by atoms with Gasteiger partial charge in [0.05, 0.1) is 46.3 Å². The minimum absolute atomic E-state index is 0.000590. The number of rotatable bonds is 20. The third-order valence-electron chi connectivity index (χ3n) is 10.1. The Morgan fingerprint density at radius 3 is 2.04 bits per heavy atom. The van der Waals surface area contributed by atoms with E-state index >= 15 is 0 Å². The number of carbonyl (C=O) groups is 5. The van der Waals surface area contributed by atoms with E-state index in [4.69, 9.17) is 19.9 Å². The van der Waals surface area contributed by atoms with Gasteiger partial charge in [0, 0.05) is 38.3 Å². The van der Waals surface area contributed by atoms with Gasteiger partial charge in [0.2, 0.25) is 23.3 Å². The molecule has 0 radical (unpaired) electrons. The largest absolute Gasteiger partial charge is 0.496 e. The second-order valence-corrected chi connectivity index (χ2v) is 13.5. The molecule has 13 nitrogen and oxygen atoms in total. The summed E-state index contributed by atoms with van der Waals surface area (Å²) in [5.41, 5.74) is 6.17. The molecule has 13 heteroatoms. The molecule has 1 unspecified atom stereocenters. The molecule has 4 rings (SSSR count). The standard InChI is InChI=1S/C39H55N5O8/c1-6-8-10-18-42(19-11-9-7-2)35(46)24-31-36(47)44-20-12-17-39(44,37(40)48)38(49)43(31)26-28-15-13-27(14-16-28)21-34(45)41-25-30-32(51-4)22-29(50-3)23-33(30)52-5/h13-16,22-23,31H,6-12,17-21,24-26H2,1-5H3,(H2,40,48)(H,41,45)/t31-,39?/m0/s1. The van der Waals surface area contributed by atoms with Crippen molar-refractivity contribution < 1.29 is 38.2 Å². The van der Waals surface area contributed by atoms with E-state index in [-0.39, 0.29) is 50.7 Å². The van der Waals surface area contributed by atoms with E-state index < -0.39 is 29.3 Å². The van der Waals surface area contributed by atoms with Crippen LogP contribution in [0.5, 0.6) is 17.2 Å². The summed E-state index contributed by atoms with van der Waals surface area (Å²) in [5, 5.41) is 2.91. The number of nitrogens with one attached hydrogen (secondary N) is 1. The molecule has 2 aromatic rings. The van der Waals surface area contributed by atoms with Crippen LogP contribution < -0.4 is 25.3 Å². The van der Waals surface area contributed by atoms with Crippen LogP contribution in [0.15, 0.2) is 36.4 Å². The van der Waals surface area contributed by atoms with E-state index in [0.29, 0.717) is 47.9 Å². The van der Waals surface area contributed by atoms with Gasteiger partial charge < -0.3 is 40.0 Å². The van der Waals surface area contributed by atoms with Crippen LogP contribution in [-0.4, -0.2) is 96.8 Å². The molecule has 284 valence electrons. The molecule has 2 aromatic carbocycles. The fourth-order valence-corrected chi connectivity index (χ4v) is 7.18. The van der Waals surface area contributed by atoms with Crippen LogP contribution in [-0.2, 0) is 43.5 Å². The zero-order valence-corrected chi connectivity index (χ0v) is 31.3. The third kappa shape index (κ3) is 8.97. The van der Waals surface area contributed by atoms with Crippen LogP contribution in [0.4, 0.5) is 0 Å². The molecule has 2 atom stereocenters. The summed E-state index contributed by atoms with van der Waals surface area (Å²) >= 11 is 0. The van der Waals surface area contributed by atoms with Crippen molar-refractivity contribution >= 4 is 29.5 Å². The molecular weight excluding hydrogens is 666 g/mol. The van der Waals surface area contributed by atoms with Gasteiger partial charge in [0.1, 0.15) is 23.3 Å². The van der Waals surface area contributed by atoms with Crippen molar-refractivity contribution in [1.82, 2.24) is 20.0 Å². The molecule has 2 saturated heterocycles. The predicted molar refractivity (Wildman–Crippen MR) is 196 cm³/mol. The summed E-state index contributed by atoms with van der Waals surface area (Å²) in [4.78, 5) is 72.5. The van der Waals surface area contributed by atoms with Gasteiger partial charge in [-0.1, -0.05) is 63.8 Å². The van der Waals surface area contributed by atoms with Crippen molar-refractivity contribution in [2.24, 2.45) is 5.73 Å². The molecule has 2 aliphatic heterocycles. The molecule has 2 aliphatic rings. The first-order valence-electron chi connectivity index (χ1n) is 18.4. The van der Waals surface area contributed by atoms with Gasteiger partial charge in [-0.15, -0.1) is 0 Å². The smallest absolute Gasteiger partial charge is 0.259 e. The monoisotopic (exact) mass is 721 g/mol. The lowest BCUT2D eigenvalue weighted by atomic mass is 9.87. The highest BCUT2D eigenvalue weighted by Crippen LogP contribution is 2.38. The van der Waals surface area contributed by atoms with E-state index in [1.165, 1.54) is 24.0 Å². The maximum absolute atomic E-state index is 14.3. The molecule has 3 N–H and O–H groups in total. The first-order chi connectivity index (χ1) is 25.0. The van der Waals surface area contributed by atoms with Crippen molar-refractivity contribution in [1.29, 1.82) is 0 Å². The Morgan fingerprint density at radius 1 is 0.904 bits per heavy atom. The van der Waals surface area contributed by atoms with E-state index in [1.807, 2.05) is 4.90 Å². The van der Waals surface area contributed by atoms with Gasteiger partial charge in [0.25, 0.3) is 11.8 Å². The lowest BCUT2D eigenvalue weighted by molar-refractivity contribution is -0.173. The summed E-state index contributed by atoms with van der Waals surface area (Å²) in [5.74, 6) is -0.636. The van der Waals surface area contributed by atoms with Crippen molar-refractivity contribution in [2.45, 2.75) is 103 Å². The number of ether oxygens (including phenoxy) is 3. The van der Waals surface area contributed by atoms with E-state index in [0.717, 1.165) is 44.1 Å². The predicted octanol–water partition coefficient (Wildman–Crippen LogP) is 3.73. The average molecular weight is 722 g/mol. The summed E-state index contributed by atoms with van der Waals surface area (Å²) in [6, 6.07) is 9.52. The Hall–Kier alpha value is -4.81. The normalized spacial score (nSPS) is 18.2. The summed E-state index contributed by atoms with van der Waals surface area (Å²) in [6.45, 7) is 5.81. The highest BCUT2D eigenvalue weighted by atomic mass is 16.5. The van der Waals surface area contributed by atoms with E-state index in [9.17, 15) is 24.0 Å². The Balaban J connectivity index is 1.51. The topological polar surface area (TPSA) is 161 Å². The second kappa shape index (κ2) is 18.6. The second-order valence-electron chi connectivity index (χ2n) is 13.5. The molecule has 0 aliphatic carbocycles. The maximum atomic E-state index is 14.3. The lowest BCUT2D eigenvalue weighted by Crippen LogP contribution is -2.73. The highest BCUT2D eigenvalue weighted by molar-refractivity contribution is 6.15. The summed E-state index contributed by atoms with van der Waals surface area (Å²) < 4.78 is 16.3. The van der Waals surface area contributed by atoms with Crippen LogP contribution in [0.1, 0.15) is 88.3 Å². The number of hydrogen-bond donors (Lipinski definition) is 2. The Kier molecular flexibility index (Phi) is 14.3. The number of fused-ring (bicyclic) bond motifs is 1. The zero-order chi connectivity index (χ0) is 37.8. The van der Waals surface area contributed by atoms with Crippen molar-refractivity contribution in [2.75, 3.05) is 41.0 Å². The Bertz CT molecular complexity index is 1550. The average Bonchev–Trinajstić information content (AvgIpc) is 3.61. The van der Waals surface area contributed by atoms with Crippen molar-refractivity contribution in [3.8, 4) is 17.2 Å². The summed E-state index contributed by atoms with van der Waals surface area (Å²) in [6.07, 6.45) is 6.26. The molecule has 0 spiro atoms. The number of nitrogens with two attached hydrogens (primary N) is 1. The molecule has 0 aromatic heterocycles. The van der Waals surface area contributed by atoms with Gasteiger partial charge in [0.15, 0.2) is 0 Å². The molecule has 0 bridgehead atoms. The van der Waals surface area contributed by atoms with Gasteiger partial charge in [-0.3, -0.25) is 24.0 Å². The minimum Gasteiger partial charge on any atom is -0.496 e. The minimum atomic E-state index is -1.76. The molecule has 5 amide bonds. The quantitative estimate of drug-likeness (QED) is 0.155. The van der Waals surface area contributed by atoms with Crippen LogP contribution in [0.2, 0.25) is 0 Å². The van der Waals surface area contributed by atoms with Crippen molar-refractivity contribution in [3.63, 3.8) is 0 Å². The Labute approximate surface area is 307 Å². The van der Waals surface area contributed by atoms with Crippen LogP contribution in [0, 0.1) is 0 Å². The van der Waals surface area contributed by atoms with E-state index in [1.54, 1.807) is 43.5 Å².